The van der Waals surface area contributed by atoms with Crippen molar-refractivity contribution >= 4 is 17.5 Å². The number of nitrogens with zero attached hydrogens (tertiary/aromatic N) is 1. The van der Waals surface area contributed by atoms with Crippen LogP contribution in [0.2, 0.25) is 0 Å². The molecule has 0 saturated heterocycles. The van der Waals surface area contributed by atoms with Crippen molar-refractivity contribution in [3.05, 3.63) is 47.5 Å². The van der Waals surface area contributed by atoms with E-state index in [9.17, 15) is 9.59 Å². The summed E-state index contributed by atoms with van der Waals surface area (Å²) in [5.74, 6) is 1.38. The number of nitrogens with one attached hydrogen (secondary N) is 1. The van der Waals surface area contributed by atoms with Gasteiger partial charge in [-0.3, -0.25) is 14.5 Å². The van der Waals surface area contributed by atoms with Gasteiger partial charge in [-0.15, -0.1) is 0 Å². The molecule has 0 spiro atoms. The van der Waals surface area contributed by atoms with Crippen LogP contribution >= 0.6 is 0 Å². The smallest absolute Gasteiger partial charge is 0.243 e. The van der Waals surface area contributed by atoms with E-state index in [0.29, 0.717) is 43.5 Å². The van der Waals surface area contributed by atoms with Crippen LogP contribution in [0.5, 0.6) is 17.2 Å². The Bertz CT molecular complexity index is 916. The Morgan fingerprint density at radius 1 is 1.00 bits per heavy atom. The number of benzene rings is 2. The fraction of sp³-hybridized carbons (Fsp3) is 0.417. The van der Waals surface area contributed by atoms with E-state index in [2.05, 4.69) is 5.32 Å². The average Bonchev–Trinajstić information content (AvgIpc) is 3.14. The van der Waals surface area contributed by atoms with Crippen LogP contribution in [0.1, 0.15) is 38.8 Å². The molecule has 1 N–H and O–H groups in total. The topological polar surface area (TPSA) is 77.1 Å². The van der Waals surface area contributed by atoms with Crippen molar-refractivity contribution in [2.75, 3.05) is 24.7 Å². The number of carbonyl (C=O) groups excluding carboxylic acids is 2. The monoisotopic (exact) mass is 426 g/mol. The minimum atomic E-state index is -0.560. The number of para-hydroxylation sites is 1. The average molecular weight is 427 g/mol. The first-order valence-electron chi connectivity index (χ1n) is 10.7. The highest BCUT2D eigenvalue weighted by molar-refractivity contribution is 6.02. The Hall–Kier alpha value is -3.22. The molecule has 1 heterocycles. The molecule has 2 aromatic carbocycles. The van der Waals surface area contributed by atoms with Gasteiger partial charge in [0.05, 0.1) is 19.8 Å². The minimum Gasteiger partial charge on any atom is -0.490 e. The van der Waals surface area contributed by atoms with Crippen molar-refractivity contribution in [3.8, 4) is 17.2 Å². The highest BCUT2D eigenvalue weighted by atomic mass is 16.5. The molecule has 2 aromatic rings. The van der Waals surface area contributed by atoms with Crippen molar-refractivity contribution in [2.45, 2.75) is 46.7 Å². The standard InChI is InChI=1S/C24H30N2O5/c1-5-29-21-12-17(13-22(30-6-2)23(21)31-7-3)15-25-24(28)20-14-18-10-8-9-11-19(18)26(20)16(4)27/h8-13,20H,5-7,14-15H2,1-4H3,(H,25,28). The van der Waals surface area contributed by atoms with E-state index >= 15 is 0 Å². The maximum Gasteiger partial charge on any atom is 0.243 e. The molecule has 0 aliphatic carbocycles. The van der Waals surface area contributed by atoms with Crippen molar-refractivity contribution in [1.29, 1.82) is 0 Å². The first-order chi connectivity index (χ1) is 15.0. The van der Waals surface area contributed by atoms with Gasteiger partial charge in [0.1, 0.15) is 6.04 Å². The van der Waals surface area contributed by atoms with Crippen LogP contribution in [-0.4, -0.2) is 37.7 Å². The number of anilines is 1. The lowest BCUT2D eigenvalue weighted by Gasteiger charge is -2.23. The molecule has 0 radical (unpaired) electrons. The molecule has 1 unspecified atom stereocenters. The molecule has 2 amide bonds. The second-order valence-corrected chi connectivity index (χ2v) is 7.18. The fourth-order valence-corrected chi connectivity index (χ4v) is 3.84. The van der Waals surface area contributed by atoms with Gasteiger partial charge in [-0.1, -0.05) is 18.2 Å². The molecule has 0 bridgehead atoms. The van der Waals surface area contributed by atoms with Crippen LogP contribution in [0.15, 0.2) is 36.4 Å². The lowest BCUT2D eigenvalue weighted by molar-refractivity contribution is -0.125. The van der Waals surface area contributed by atoms with Crippen molar-refractivity contribution in [2.24, 2.45) is 0 Å². The highest BCUT2D eigenvalue weighted by Crippen LogP contribution is 2.39. The van der Waals surface area contributed by atoms with E-state index < -0.39 is 6.04 Å². The number of ether oxygens (including phenoxy) is 3. The van der Waals surface area contributed by atoms with Gasteiger partial charge in [0.2, 0.25) is 17.6 Å². The molecular weight excluding hydrogens is 396 g/mol. The molecule has 31 heavy (non-hydrogen) atoms. The van der Waals surface area contributed by atoms with E-state index in [1.807, 2.05) is 57.2 Å². The van der Waals surface area contributed by atoms with Gasteiger partial charge in [0.15, 0.2) is 11.5 Å². The van der Waals surface area contributed by atoms with Crippen molar-refractivity contribution in [1.82, 2.24) is 5.32 Å². The van der Waals surface area contributed by atoms with E-state index in [1.54, 1.807) is 4.90 Å². The van der Waals surface area contributed by atoms with E-state index in [1.165, 1.54) is 6.92 Å². The Morgan fingerprint density at radius 3 is 2.19 bits per heavy atom. The Labute approximate surface area is 183 Å². The zero-order valence-corrected chi connectivity index (χ0v) is 18.6. The summed E-state index contributed by atoms with van der Waals surface area (Å²) in [5.41, 5.74) is 2.62. The molecule has 0 saturated carbocycles. The van der Waals surface area contributed by atoms with Crippen LogP contribution in [0.25, 0.3) is 0 Å². The van der Waals surface area contributed by atoms with Crippen molar-refractivity contribution < 1.29 is 23.8 Å². The lowest BCUT2D eigenvalue weighted by atomic mass is 10.1. The summed E-state index contributed by atoms with van der Waals surface area (Å²) < 4.78 is 17.2. The van der Waals surface area contributed by atoms with E-state index in [-0.39, 0.29) is 18.4 Å². The van der Waals surface area contributed by atoms with Gasteiger partial charge in [-0.25, -0.2) is 0 Å². The minimum absolute atomic E-state index is 0.150. The Balaban J connectivity index is 1.78. The van der Waals surface area contributed by atoms with Gasteiger partial charge < -0.3 is 19.5 Å². The maximum atomic E-state index is 13.0. The molecule has 7 nitrogen and oxygen atoms in total. The Kier molecular flexibility index (Phi) is 7.39. The fourth-order valence-electron chi connectivity index (χ4n) is 3.84. The number of rotatable bonds is 9. The summed E-state index contributed by atoms with van der Waals surface area (Å²) in [4.78, 5) is 26.8. The number of hydrogen-bond acceptors (Lipinski definition) is 5. The number of carbonyl (C=O) groups is 2. The normalized spacial score (nSPS) is 14.7. The van der Waals surface area contributed by atoms with Gasteiger partial charge in [0, 0.05) is 25.6 Å². The molecule has 7 heteroatoms. The Morgan fingerprint density at radius 2 is 1.61 bits per heavy atom. The van der Waals surface area contributed by atoms with E-state index in [4.69, 9.17) is 14.2 Å². The predicted octanol–water partition coefficient (Wildman–Crippen LogP) is 3.48. The molecular formula is C24H30N2O5. The summed E-state index contributed by atoms with van der Waals surface area (Å²) in [7, 11) is 0. The van der Waals surface area contributed by atoms with Crippen LogP contribution in [0, 0.1) is 0 Å². The summed E-state index contributed by atoms with van der Waals surface area (Å²) >= 11 is 0. The maximum absolute atomic E-state index is 13.0. The summed E-state index contributed by atoms with van der Waals surface area (Å²) in [6, 6.07) is 10.8. The highest BCUT2D eigenvalue weighted by Gasteiger charge is 2.36. The predicted molar refractivity (Wildman–Crippen MR) is 119 cm³/mol. The van der Waals surface area contributed by atoms with Gasteiger partial charge in [-0.2, -0.15) is 0 Å². The van der Waals surface area contributed by atoms with Gasteiger partial charge in [0.25, 0.3) is 0 Å². The molecule has 1 aliphatic heterocycles. The molecule has 3 rings (SSSR count). The van der Waals surface area contributed by atoms with Crippen LogP contribution in [-0.2, 0) is 22.6 Å². The first-order valence-corrected chi connectivity index (χ1v) is 10.7. The number of fused-ring (bicyclic) bond motifs is 1. The summed E-state index contributed by atoms with van der Waals surface area (Å²) in [6.45, 7) is 8.92. The third-order valence-corrected chi connectivity index (χ3v) is 5.05. The number of amides is 2. The molecule has 1 atom stereocenters. The van der Waals surface area contributed by atoms with Crippen LogP contribution in [0.3, 0.4) is 0 Å². The SMILES string of the molecule is CCOc1cc(CNC(=O)C2Cc3ccccc3N2C(C)=O)cc(OCC)c1OCC. The van der Waals surface area contributed by atoms with Crippen molar-refractivity contribution in [3.63, 3.8) is 0 Å². The largest absolute Gasteiger partial charge is 0.490 e. The lowest BCUT2D eigenvalue weighted by Crippen LogP contribution is -2.47. The zero-order valence-electron chi connectivity index (χ0n) is 18.6. The number of hydrogen-bond donors (Lipinski definition) is 1. The summed E-state index contributed by atoms with van der Waals surface area (Å²) in [5, 5.41) is 2.97. The first kappa shape index (κ1) is 22.5. The van der Waals surface area contributed by atoms with Crippen LogP contribution in [0.4, 0.5) is 5.69 Å². The quantitative estimate of drug-likeness (QED) is 0.664. The third-order valence-electron chi connectivity index (χ3n) is 5.05. The molecule has 0 fully saturated rings. The van der Waals surface area contributed by atoms with Crippen LogP contribution < -0.4 is 24.4 Å². The molecule has 0 aromatic heterocycles. The molecule has 1 aliphatic rings. The molecule has 166 valence electrons. The second kappa shape index (κ2) is 10.2. The zero-order chi connectivity index (χ0) is 22.4. The third kappa shape index (κ3) is 4.93. The summed E-state index contributed by atoms with van der Waals surface area (Å²) in [6.07, 6.45) is 0.499. The van der Waals surface area contributed by atoms with Gasteiger partial charge in [-0.05, 0) is 50.1 Å². The van der Waals surface area contributed by atoms with E-state index in [0.717, 1.165) is 16.8 Å². The second-order valence-electron chi connectivity index (χ2n) is 7.18. The van der Waals surface area contributed by atoms with Gasteiger partial charge >= 0.3 is 0 Å².